The first-order valence-electron chi connectivity index (χ1n) is 6.53. The zero-order valence-corrected chi connectivity index (χ0v) is 11.4. The summed E-state index contributed by atoms with van der Waals surface area (Å²) < 4.78 is 1.14. The van der Waals surface area contributed by atoms with E-state index in [0.29, 0.717) is 5.82 Å². The molecular weight excluding hydrogens is 284 g/mol. The summed E-state index contributed by atoms with van der Waals surface area (Å²) in [4.78, 5) is 22.6. The van der Waals surface area contributed by atoms with E-state index >= 15 is 0 Å². The van der Waals surface area contributed by atoms with E-state index in [1.807, 2.05) is 30.3 Å². The van der Waals surface area contributed by atoms with Crippen LogP contribution in [0, 0.1) is 10.1 Å². The highest BCUT2D eigenvalue weighted by Gasteiger charge is 2.16. The standard InChI is InChI=1S/C15H12N4O3/c20-15-10-14(16-11-6-2-1-3-7-11)17-18(15)12-8-4-5-9-13(12)19(21)22/h1-10,16-17H. The molecule has 0 spiro atoms. The van der Waals surface area contributed by atoms with Crippen LogP contribution < -0.4 is 10.9 Å². The van der Waals surface area contributed by atoms with Gasteiger partial charge in [-0.1, -0.05) is 30.3 Å². The first kappa shape index (κ1) is 13.6. The minimum absolute atomic E-state index is 0.141. The molecule has 0 aliphatic heterocycles. The first-order valence-corrected chi connectivity index (χ1v) is 6.53. The number of anilines is 2. The lowest BCUT2D eigenvalue weighted by Crippen LogP contribution is -2.14. The SMILES string of the molecule is O=c1cc(Nc2ccccc2)[nH]n1-c1ccccc1[N+](=O)[O-]. The summed E-state index contributed by atoms with van der Waals surface area (Å²) in [6.07, 6.45) is 0. The van der Waals surface area contributed by atoms with Gasteiger partial charge in [0.25, 0.3) is 11.2 Å². The maximum absolute atomic E-state index is 12.1. The summed E-state index contributed by atoms with van der Waals surface area (Å²) >= 11 is 0. The van der Waals surface area contributed by atoms with Crippen LogP contribution >= 0.6 is 0 Å². The molecule has 1 aromatic heterocycles. The number of aromatic nitrogens is 2. The molecular formula is C15H12N4O3. The fourth-order valence-electron chi connectivity index (χ4n) is 2.12. The van der Waals surface area contributed by atoms with Crippen molar-refractivity contribution in [2.75, 3.05) is 5.32 Å². The Bertz CT molecular complexity index is 868. The molecule has 0 saturated carbocycles. The number of hydrogen-bond acceptors (Lipinski definition) is 4. The Morgan fingerprint density at radius 3 is 2.45 bits per heavy atom. The van der Waals surface area contributed by atoms with Crippen molar-refractivity contribution in [2.45, 2.75) is 0 Å². The second-order valence-corrected chi connectivity index (χ2v) is 4.58. The highest BCUT2D eigenvalue weighted by Crippen LogP contribution is 2.21. The van der Waals surface area contributed by atoms with Crippen LogP contribution in [0.15, 0.2) is 65.5 Å². The predicted octanol–water partition coefficient (Wildman–Crippen LogP) is 2.82. The van der Waals surface area contributed by atoms with Crippen molar-refractivity contribution in [1.82, 2.24) is 9.78 Å². The molecule has 0 aliphatic rings. The third-order valence-corrected chi connectivity index (χ3v) is 3.09. The average molecular weight is 296 g/mol. The van der Waals surface area contributed by atoms with Crippen LogP contribution in [0.5, 0.6) is 0 Å². The second-order valence-electron chi connectivity index (χ2n) is 4.58. The van der Waals surface area contributed by atoms with Gasteiger partial charge in [0, 0.05) is 17.8 Å². The predicted molar refractivity (Wildman–Crippen MR) is 82.8 cm³/mol. The van der Waals surface area contributed by atoms with E-state index in [0.717, 1.165) is 10.4 Å². The molecule has 0 fully saturated rings. The summed E-state index contributed by atoms with van der Waals surface area (Å²) in [5.74, 6) is 0.453. The highest BCUT2D eigenvalue weighted by molar-refractivity contribution is 5.57. The van der Waals surface area contributed by atoms with E-state index in [-0.39, 0.29) is 16.9 Å². The molecule has 2 N–H and O–H groups in total. The lowest BCUT2D eigenvalue weighted by molar-refractivity contribution is -0.384. The number of aromatic amines is 1. The Balaban J connectivity index is 2.00. The van der Waals surface area contributed by atoms with E-state index in [9.17, 15) is 14.9 Å². The zero-order valence-electron chi connectivity index (χ0n) is 11.4. The minimum Gasteiger partial charge on any atom is -0.341 e. The molecule has 3 rings (SSSR count). The molecule has 7 heteroatoms. The molecule has 0 saturated heterocycles. The van der Waals surface area contributed by atoms with Crippen molar-refractivity contribution in [3.63, 3.8) is 0 Å². The van der Waals surface area contributed by atoms with Crippen molar-refractivity contribution in [2.24, 2.45) is 0 Å². The average Bonchev–Trinajstić information content (AvgIpc) is 2.88. The third kappa shape index (κ3) is 2.59. The second kappa shape index (κ2) is 5.57. The molecule has 0 aliphatic carbocycles. The number of rotatable bonds is 4. The number of nitro benzene ring substituents is 1. The van der Waals surface area contributed by atoms with Gasteiger partial charge >= 0.3 is 0 Å². The fourth-order valence-corrected chi connectivity index (χ4v) is 2.12. The van der Waals surface area contributed by atoms with Gasteiger partial charge in [-0.25, -0.2) is 4.68 Å². The van der Waals surface area contributed by atoms with Crippen molar-refractivity contribution in [1.29, 1.82) is 0 Å². The number of para-hydroxylation sites is 3. The number of nitrogens with zero attached hydrogens (tertiary/aromatic N) is 2. The summed E-state index contributed by atoms with van der Waals surface area (Å²) in [6, 6.07) is 16.7. The molecule has 3 aromatic rings. The topological polar surface area (TPSA) is 93.0 Å². The van der Waals surface area contributed by atoms with E-state index in [2.05, 4.69) is 10.4 Å². The zero-order chi connectivity index (χ0) is 15.5. The quantitative estimate of drug-likeness (QED) is 0.572. The van der Waals surface area contributed by atoms with Gasteiger partial charge < -0.3 is 5.32 Å². The molecule has 0 atom stereocenters. The van der Waals surface area contributed by atoms with E-state index in [1.54, 1.807) is 12.1 Å². The summed E-state index contributed by atoms with van der Waals surface area (Å²) in [6.45, 7) is 0. The molecule has 2 aromatic carbocycles. The van der Waals surface area contributed by atoms with E-state index < -0.39 is 4.92 Å². The van der Waals surface area contributed by atoms with Crippen LogP contribution in [0.25, 0.3) is 5.69 Å². The van der Waals surface area contributed by atoms with Gasteiger partial charge in [0.1, 0.15) is 11.5 Å². The minimum atomic E-state index is -0.521. The van der Waals surface area contributed by atoms with Crippen LogP contribution in [0.2, 0.25) is 0 Å². The van der Waals surface area contributed by atoms with Gasteiger partial charge in [-0.15, -0.1) is 0 Å². The van der Waals surface area contributed by atoms with Crippen molar-refractivity contribution in [3.8, 4) is 5.69 Å². The lowest BCUT2D eigenvalue weighted by Gasteiger charge is -2.04. The smallest absolute Gasteiger partial charge is 0.294 e. The van der Waals surface area contributed by atoms with Gasteiger partial charge in [-0.05, 0) is 18.2 Å². The lowest BCUT2D eigenvalue weighted by atomic mass is 10.3. The maximum Gasteiger partial charge on any atom is 0.294 e. The molecule has 1 heterocycles. The van der Waals surface area contributed by atoms with Crippen LogP contribution in [-0.2, 0) is 0 Å². The van der Waals surface area contributed by atoms with Gasteiger partial charge in [-0.2, -0.15) is 0 Å². The molecule has 0 amide bonds. The Morgan fingerprint density at radius 2 is 1.73 bits per heavy atom. The fraction of sp³-hybridized carbons (Fsp3) is 0. The Hall–Kier alpha value is -3.35. The first-order chi connectivity index (χ1) is 10.6. The maximum atomic E-state index is 12.1. The van der Waals surface area contributed by atoms with E-state index in [1.165, 1.54) is 18.2 Å². The van der Waals surface area contributed by atoms with Gasteiger partial charge in [0.05, 0.1) is 4.92 Å². The number of benzene rings is 2. The van der Waals surface area contributed by atoms with Crippen LogP contribution in [0.1, 0.15) is 0 Å². The Kier molecular flexibility index (Phi) is 3.45. The molecule has 0 radical (unpaired) electrons. The Labute approximate surface area is 125 Å². The van der Waals surface area contributed by atoms with Gasteiger partial charge in [0.2, 0.25) is 0 Å². The Morgan fingerprint density at radius 1 is 1.05 bits per heavy atom. The third-order valence-electron chi connectivity index (χ3n) is 3.09. The largest absolute Gasteiger partial charge is 0.341 e. The van der Waals surface area contributed by atoms with Crippen molar-refractivity contribution in [3.05, 3.63) is 81.1 Å². The molecule has 7 nitrogen and oxygen atoms in total. The van der Waals surface area contributed by atoms with Crippen molar-refractivity contribution < 1.29 is 4.92 Å². The van der Waals surface area contributed by atoms with Crippen molar-refractivity contribution >= 4 is 17.2 Å². The van der Waals surface area contributed by atoms with Gasteiger partial charge in [0.15, 0.2) is 0 Å². The summed E-state index contributed by atoms with van der Waals surface area (Å²) in [5, 5.41) is 16.9. The van der Waals surface area contributed by atoms with Crippen LogP contribution in [0.3, 0.4) is 0 Å². The number of nitrogens with one attached hydrogen (secondary N) is 2. The summed E-state index contributed by atoms with van der Waals surface area (Å²) in [7, 11) is 0. The molecule has 0 unspecified atom stereocenters. The monoisotopic (exact) mass is 296 g/mol. The number of hydrogen-bond donors (Lipinski definition) is 2. The highest BCUT2D eigenvalue weighted by atomic mass is 16.6. The normalized spacial score (nSPS) is 10.4. The van der Waals surface area contributed by atoms with E-state index in [4.69, 9.17) is 0 Å². The van der Waals surface area contributed by atoms with Crippen LogP contribution in [-0.4, -0.2) is 14.7 Å². The van der Waals surface area contributed by atoms with Gasteiger partial charge in [-0.3, -0.25) is 20.0 Å². The molecule has 22 heavy (non-hydrogen) atoms. The molecule has 110 valence electrons. The summed E-state index contributed by atoms with van der Waals surface area (Å²) in [5.41, 5.74) is 0.475. The number of nitro groups is 1. The van der Waals surface area contributed by atoms with Crippen LogP contribution in [0.4, 0.5) is 17.2 Å². The number of H-pyrrole nitrogens is 1. The molecule has 0 bridgehead atoms.